The van der Waals surface area contributed by atoms with Gasteiger partial charge in [0.05, 0.1) is 5.97 Å². The number of aliphatic carboxylic acids is 3. The molecule has 7 nitrogen and oxygen atoms in total. The zero-order chi connectivity index (χ0) is 13.4. The fourth-order valence-electron chi connectivity index (χ4n) is 0.684. The number of hydrogen-bond acceptors (Lipinski definition) is 7. The Kier molecular flexibility index (Phi) is 32.3. The van der Waals surface area contributed by atoms with E-state index in [0.29, 0.717) is 12.7 Å². The maximum atomic E-state index is 10.1. The molecule has 13 heteroatoms. The minimum atomic E-state index is -2.97. The fraction of sp³-hybridized carbons (Fsp3) is 0.500. The smallest absolute Gasteiger partial charge is 1.00 e. The number of carboxylic acids is 3. The van der Waals surface area contributed by atoms with Crippen molar-refractivity contribution in [2.75, 3.05) is 0 Å². The normalized spacial score (nSPS) is 8.58. The van der Waals surface area contributed by atoms with Gasteiger partial charge in [0.1, 0.15) is 5.60 Å². The van der Waals surface area contributed by atoms with Crippen molar-refractivity contribution >= 4 is 38.3 Å². The van der Waals surface area contributed by atoms with Gasteiger partial charge in [0, 0.05) is 24.8 Å². The zero-order valence-corrected chi connectivity index (χ0v) is 18.9. The molecule has 0 saturated heterocycles. The number of halogens is 2. The Morgan fingerprint density at radius 3 is 1.26 bits per heavy atom. The molecule has 0 saturated carbocycles. The second-order valence-electron chi connectivity index (χ2n) is 2.46. The summed E-state index contributed by atoms with van der Waals surface area (Å²) >= 11 is 0.569. The quantitative estimate of drug-likeness (QED) is 0.462. The predicted molar refractivity (Wildman–Crippen MR) is 40.9 cm³/mol. The molecule has 0 atom stereocenters. The van der Waals surface area contributed by atoms with Gasteiger partial charge in [0.2, 0.25) is 0 Å². The first-order chi connectivity index (χ1) is 7.19. The third kappa shape index (κ3) is 20.4. The molecule has 0 aliphatic rings. The van der Waals surface area contributed by atoms with Gasteiger partial charge in [-0.2, -0.15) is 0 Å². The van der Waals surface area contributed by atoms with Crippen LogP contribution in [0.5, 0.6) is 0 Å². The Labute approximate surface area is 190 Å². The molecule has 19 heavy (non-hydrogen) atoms. The second kappa shape index (κ2) is 18.5. The van der Waals surface area contributed by atoms with Gasteiger partial charge in [0.25, 0.3) is 0 Å². The van der Waals surface area contributed by atoms with Crippen LogP contribution in [0.2, 0.25) is 0 Å². The van der Waals surface area contributed by atoms with E-state index in [1.807, 2.05) is 0 Å². The summed E-state index contributed by atoms with van der Waals surface area (Å²) < 4.78 is 0. The summed E-state index contributed by atoms with van der Waals surface area (Å²) in [5, 5.41) is 38.9. The first kappa shape index (κ1) is 33.1. The number of carbonyl (C=O) groups excluding carboxylic acids is 3. The molecule has 0 bridgehead atoms. The molecular weight excluding hydrogens is 383 g/mol. The van der Waals surface area contributed by atoms with Crippen molar-refractivity contribution in [3.05, 3.63) is 0 Å². The van der Waals surface area contributed by atoms with Crippen LogP contribution < -0.4 is 104 Å². The summed E-state index contributed by atoms with van der Waals surface area (Å²) in [5.74, 6) is -5.98. The summed E-state index contributed by atoms with van der Waals surface area (Å²) in [6.07, 6.45) is -2.72. The van der Waals surface area contributed by atoms with E-state index in [0.717, 1.165) is 0 Å². The van der Waals surface area contributed by atoms with Gasteiger partial charge in [-0.15, -0.1) is 0 Å². The third-order valence-corrected chi connectivity index (χ3v) is 1.25. The summed E-state index contributed by atoms with van der Waals surface area (Å²) in [7, 11) is 9.40. The minimum absolute atomic E-state index is 0. The van der Waals surface area contributed by atoms with E-state index in [1.54, 1.807) is 0 Å². The van der Waals surface area contributed by atoms with Gasteiger partial charge < -0.3 is 34.8 Å². The van der Waals surface area contributed by atoms with Crippen molar-refractivity contribution in [1.82, 2.24) is 0 Å². The molecule has 0 spiro atoms. The topological polar surface area (TPSA) is 141 Å². The second-order valence-corrected chi connectivity index (χ2v) is 4.09. The summed E-state index contributed by atoms with van der Waals surface area (Å²) in [4.78, 5) is 30.0. The monoisotopic (exact) mass is 386 g/mol. The van der Waals surface area contributed by atoms with E-state index in [4.69, 9.17) is 25.5 Å². The Morgan fingerprint density at radius 1 is 0.947 bits per heavy atom. The standard InChI is InChI=1S/C6H8O7.2ClH.3Na.Ni/c7-3(8)1-6(13,5(11)12)2-4(9)10;;;;;;/h13H,1-2H2,(H,7,8)(H,9,10)(H,11,12);2*1H;;;;/q;;;3*+1;+2/p-5. The van der Waals surface area contributed by atoms with E-state index < -0.39 is 36.4 Å². The zero-order valence-electron chi connectivity index (χ0n) is 10.4. The van der Waals surface area contributed by atoms with Crippen LogP contribution in [0.3, 0.4) is 0 Å². The molecule has 98 valence electrons. The van der Waals surface area contributed by atoms with Crippen molar-refractivity contribution in [2.24, 2.45) is 0 Å². The van der Waals surface area contributed by atoms with Crippen LogP contribution in [0.15, 0.2) is 0 Å². The van der Waals surface area contributed by atoms with Crippen LogP contribution in [-0.2, 0) is 27.0 Å². The van der Waals surface area contributed by atoms with Gasteiger partial charge in [-0.05, 0) is 0 Å². The molecular formula is C6H5Cl2Na3NiO7. The molecule has 0 rings (SSSR count). The maximum Gasteiger partial charge on any atom is 1.00 e. The maximum absolute atomic E-state index is 10.1. The largest absolute Gasteiger partial charge is 1.00 e. The number of carboxylic acid groups (broad SMARTS) is 3. The molecule has 0 aliphatic carbocycles. The number of rotatable bonds is 5. The summed E-state index contributed by atoms with van der Waals surface area (Å²) in [6, 6.07) is 0. The van der Waals surface area contributed by atoms with E-state index >= 15 is 0 Å². The van der Waals surface area contributed by atoms with Gasteiger partial charge in [-0.25, -0.2) is 0 Å². The van der Waals surface area contributed by atoms with Crippen LogP contribution in [-0.4, -0.2) is 28.6 Å². The van der Waals surface area contributed by atoms with Crippen LogP contribution in [0.4, 0.5) is 0 Å². The van der Waals surface area contributed by atoms with Crippen LogP contribution >= 0.6 is 20.4 Å². The van der Waals surface area contributed by atoms with Crippen LogP contribution in [0.1, 0.15) is 12.8 Å². The molecule has 0 unspecified atom stereocenters. The van der Waals surface area contributed by atoms with Crippen molar-refractivity contribution in [2.45, 2.75) is 18.4 Å². The van der Waals surface area contributed by atoms with Crippen molar-refractivity contribution < 1.29 is 136 Å². The van der Waals surface area contributed by atoms with Gasteiger partial charge >= 0.3 is 122 Å². The Balaban J connectivity index is -0.0000000992. The molecule has 0 radical (unpaired) electrons. The molecule has 0 aliphatic heterocycles. The van der Waals surface area contributed by atoms with Crippen molar-refractivity contribution in [1.29, 1.82) is 0 Å². The number of hydrogen-bond donors (Lipinski definition) is 1. The number of aliphatic hydroxyl groups is 1. The molecule has 0 amide bonds. The van der Waals surface area contributed by atoms with E-state index in [2.05, 4.69) is 0 Å². The summed E-state index contributed by atoms with van der Waals surface area (Å²) in [5.41, 5.74) is -2.97. The van der Waals surface area contributed by atoms with Gasteiger partial charge in [-0.1, -0.05) is 0 Å². The number of carbonyl (C=O) groups is 3. The molecule has 0 heterocycles. The summed E-state index contributed by atoms with van der Waals surface area (Å²) in [6.45, 7) is 0. The SMILES string of the molecule is O=C([O-])CC(O)(CC(=O)[O-])C(=O)[O-].[Cl][Ni][Cl].[Na+].[Na+].[Na+]. The van der Waals surface area contributed by atoms with E-state index in [1.165, 1.54) is 0 Å². The third-order valence-electron chi connectivity index (χ3n) is 1.25. The van der Waals surface area contributed by atoms with E-state index in [-0.39, 0.29) is 88.7 Å². The van der Waals surface area contributed by atoms with Crippen molar-refractivity contribution in [3.8, 4) is 0 Å². The Morgan fingerprint density at radius 2 is 1.16 bits per heavy atom. The van der Waals surface area contributed by atoms with Gasteiger partial charge in [0.15, 0.2) is 0 Å². The van der Waals surface area contributed by atoms with E-state index in [9.17, 15) is 29.7 Å². The van der Waals surface area contributed by atoms with Gasteiger partial charge in [-0.3, -0.25) is 0 Å². The van der Waals surface area contributed by atoms with Crippen LogP contribution in [0, 0.1) is 0 Å². The molecule has 0 aromatic rings. The minimum Gasteiger partial charge on any atom is 1.00 e. The molecule has 0 aromatic heterocycles. The molecule has 1 N–H and O–H groups in total. The predicted octanol–water partition coefficient (Wildman–Crippen LogP) is -12.9. The van der Waals surface area contributed by atoms with Crippen LogP contribution in [0.25, 0.3) is 0 Å². The first-order valence-corrected chi connectivity index (χ1v) is 6.07. The molecule has 0 aromatic carbocycles. The fourth-order valence-corrected chi connectivity index (χ4v) is 0.684. The average molecular weight is 388 g/mol. The Bertz CT molecular complexity index is 266. The van der Waals surface area contributed by atoms with Crippen molar-refractivity contribution in [3.63, 3.8) is 0 Å². The Hall–Kier alpha value is 2.44. The molecule has 0 fully saturated rings. The first-order valence-electron chi connectivity index (χ1n) is 3.35. The average Bonchev–Trinajstić information content (AvgIpc) is 2.01.